The smallest absolute Gasteiger partial charge is 0.137 e. The van der Waals surface area contributed by atoms with Gasteiger partial charge in [-0.05, 0) is 17.7 Å². The van der Waals surface area contributed by atoms with Crippen LogP contribution >= 0.6 is 11.6 Å². The van der Waals surface area contributed by atoms with Crippen LogP contribution in [-0.2, 0) is 12.0 Å². The van der Waals surface area contributed by atoms with Crippen molar-refractivity contribution in [3.63, 3.8) is 0 Å². The Bertz CT molecular complexity index is 591. The predicted molar refractivity (Wildman–Crippen MR) is 81.2 cm³/mol. The van der Waals surface area contributed by atoms with Gasteiger partial charge in [0.05, 0.1) is 0 Å². The molecule has 5 heteroatoms. The molecule has 2 aromatic rings. The summed E-state index contributed by atoms with van der Waals surface area (Å²) in [7, 11) is 0. The van der Waals surface area contributed by atoms with E-state index in [1.165, 1.54) is 0 Å². The Hall–Kier alpha value is -1.81. The predicted octanol–water partition coefficient (Wildman–Crippen LogP) is 3.75. The van der Waals surface area contributed by atoms with Crippen molar-refractivity contribution >= 4 is 17.4 Å². The van der Waals surface area contributed by atoms with E-state index in [1.807, 2.05) is 32.9 Å². The third-order valence-corrected chi connectivity index (χ3v) is 2.97. The summed E-state index contributed by atoms with van der Waals surface area (Å²) in [6.07, 6.45) is 0. The first kappa shape index (κ1) is 14.6. The second-order valence-corrected chi connectivity index (χ2v) is 6.06. The number of rotatable bonds is 3. The van der Waals surface area contributed by atoms with Gasteiger partial charge in [-0.2, -0.15) is 0 Å². The molecule has 0 saturated carbocycles. The van der Waals surface area contributed by atoms with Crippen LogP contribution in [0.5, 0.6) is 5.75 Å². The first-order valence-electron chi connectivity index (χ1n) is 6.41. The van der Waals surface area contributed by atoms with Gasteiger partial charge in [0.25, 0.3) is 0 Å². The quantitative estimate of drug-likeness (QED) is 0.846. The number of nitrogens with one attached hydrogen (secondary N) is 1. The lowest BCUT2D eigenvalue weighted by molar-refractivity contribution is 0.475. The summed E-state index contributed by atoms with van der Waals surface area (Å²) in [6, 6.07) is 8.73. The molecule has 2 N–H and O–H groups in total. The molecule has 0 aliphatic heterocycles. The minimum atomic E-state index is -0.153. The van der Waals surface area contributed by atoms with E-state index in [0.29, 0.717) is 23.3 Å². The van der Waals surface area contributed by atoms with Crippen molar-refractivity contribution < 1.29 is 5.11 Å². The fourth-order valence-corrected chi connectivity index (χ4v) is 1.83. The number of nitrogens with zero attached hydrogens (tertiary/aromatic N) is 2. The number of aromatic hydroxyl groups is 1. The molecular weight excluding hydrogens is 274 g/mol. The van der Waals surface area contributed by atoms with E-state index in [2.05, 4.69) is 15.3 Å². The zero-order valence-corrected chi connectivity index (χ0v) is 12.6. The average Bonchev–Trinajstić information content (AvgIpc) is 2.36. The van der Waals surface area contributed by atoms with E-state index in [0.717, 1.165) is 5.56 Å². The van der Waals surface area contributed by atoms with Gasteiger partial charge in [0, 0.05) is 18.0 Å². The summed E-state index contributed by atoms with van der Waals surface area (Å²) in [5, 5.41) is 12.9. The maximum Gasteiger partial charge on any atom is 0.137 e. The van der Waals surface area contributed by atoms with Gasteiger partial charge in [0.2, 0.25) is 0 Å². The highest BCUT2D eigenvalue weighted by atomic mass is 35.5. The van der Waals surface area contributed by atoms with Crippen LogP contribution in [-0.4, -0.2) is 15.1 Å². The van der Waals surface area contributed by atoms with Crippen LogP contribution in [0.25, 0.3) is 0 Å². The molecule has 1 aromatic carbocycles. The summed E-state index contributed by atoms with van der Waals surface area (Å²) in [4.78, 5) is 8.73. The number of halogens is 1. The van der Waals surface area contributed by atoms with Gasteiger partial charge in [-0.1, -0.05) is 44.5 Å². The lowest BCUT2D eigenvalue weighted by atomic mass is 9.96. The first-order valence-corrected chi connectivity index (χ1v) is 6.79. The van der Waals surface area contributed by atoms with Gasteiger partial charge >= 0.3 is 0 Å². The van der Waals surface area contributed by atoms with Crippen LogP contribution < -0.4 is 5.32 Å². The summed E-state index contributed by atoms with van der Waals surface area (Å²) in [5.41, 5.74) is 0.898. The maximum absolute atomic E-state index is 9.25. The van der Waals surface area contributed by atoms with Crippen molar-refractivity contribution in [3.8, 4) is 5.75 Å². The molecule has 0 atom stereocenters. The lowest BCUT2D eigenvalue weighted by Crippen LogP contribution is -2.17. The van der Waals surface area contributed by atoms with Crippen LogP contribution in [0, 0.1) is 0 Å². The maximum atomic E-state index is 9.25. The van der Waals surface area contributed by atoms with Crippen molar-refractivity contribution in [3.05, 3.63) is 46.9 Å². The summed E-state index contributed by atoms with van der Waals surface area (Å²) < 4.78 is 0. The molecule has 0 aliphatic rings. The van der Waals surface area contributed by atoms with Gasteiger partial charge in [-0.3, -0.25) is 0 Å². The molecule has 0 saturated heterocycles. The fourth-order valence-electron chi connectivity index (χ4n) is 1.65. The van der Waals surface area contributed by atoms with Crippen LogP contribution in [0.2, 0.25) is 5.15 Å². The number of phenols is 1. The number of hydrogen-bond acceptors (Lipinski definition) is 4. The molecule has 2 rings (SSSR count). The minimum absolute atomic E-state index is 0.153. The molecule has 20 heavy (non-hydrogen) atoms. The molecule has 0 radical (unpaired) electrons. The van der Waals surface area contributed by atoms with E-state index in [1.54, 1.807) is 18.2 Å². The number of aromatic nitrogens is 2. The fraction of sp³-hybridized carbons (Fsp3) is 0.333. The van der Waals surface area contributed by atoms with Crippen LogP contribution in [0.3, 0.4) is 0 Å². The Balaban J connectivity index is 2.13. The van der Waals surface area contributed by atoms with E-state index in [4.69, 9.17) is 11.6 Å². The highest BCUT2D eigenvalue weighted by molar-refractivity contribution is 6.29. The van der Waals surface area contributed by atoms with Crippen LogP contribution in [0.4, 0.5) is 5.82 Å². The zero-order chi connectivity index (χ0) is 14.8. The van der Waals surface area contributed by atoms with Crippen molar-refractivity contribution in [1.82, 2.24) is 9.97 Å². The molecule has 0 unspecified atom stereocenters. The molecule has 0 amide bonds. The second kappa shape index (κ2) is 5.67. The molecular formula is C15H18ClN3O. The Morgan fingerprint density at radius 2 is 1.80 bits per heavy atom. The van der Waals surface area contributed by atoms with Crippen molar-refractivity contribution in [1.29, 1.82) is 0 Å². The normalized spacial score (nSPS) is 11.4. The largest absolute Gasteiger partial charge is 0.508 e. The molecule has 0 spiro atoms. The average molecular weight is 292 g/mol. The minimum Gasteiger partial charge on any atom is -0.508 e. The second-order valence-electron chi connectivity index (χ2n) is 5.67. The van der Waals surface area contributed by atoms with Crippen LogP contribution in [0.1, 0.15) is 32.2 Å². The Morgan fingerprint density at radius 3 is 2.40 bits per heavy atom. The number of benzene rings is 1. The van der Waals surface area contributed by atoms with E-state index in [-0.39, 0.29) is 11.2 Å². The van der Waals surface area contributed by atoms with Gasteiger partial charge in [-0.25, -0.2) is 9.97 Å². The zero-order valence-electron chi connectivity index (χ0n) is 11.8. The van der Waals surface area contributed by atoms with Crippen molar-refractivity contribution in [2.24, 2.45) is 0 Å². The Kier molecular flexibility index (Phi) is 4.14. The number of phenolic OH excluding ortho intramolecular Hbond substituents is 1. The first-order chi connectivity index (χ1) is 9.34. The third-order valence-electron chi connectivity index (χ3n) is 2.78. The number of hydrogen-bond donors (Lipinski definition) is 2. The Morgan fingerprint density at radius 1 is 1.15 bits per heavy atom. The van der Waals surface area contributed by atoms with Crippen molar-refractivity contribution in [2.45, 2.75) is 32.7 Å². The molecule has 4 nitrogen and oxygen atoms in total. The van der Waals surface area contributed by atoms with Gasteiger partial charge < -0.3 is 10.4 Å². The molecule has 0 fully saturated rings. The summed E-state index contributed by atoms with van der Waals surface area (Å²) in [6.45, 7) is 6.74. The lowest BCUT2D eigenvalue weighted by Gasteiger charge is -2.17. The Labute approximate surface area is 123 Å². The highest BCUT2D eigenvalue weighted by Crippen LogP contribution is 2.22. The van der Waals surface area contributed by atoms with E-state index < -0.39 is 0 Å². The van der Waals surface area contributed by atoms with E-state index in [9.17, 15) is 5.11 Å². The van der Waals surface area contributed by atoms with Gasteiger partial charge in [0.1, 0.15) is 22.5 Å². The van der Waals surface area contributed by atoms with Crippen molar-refractivity contribution in [2.75, 3.05) is 5.32 Å². The third kappa shape index (κ3) is 3.84. The summed E-state index contributed by atoms with van der Waals surface area (Å²) >= 11 is 6.03. The molecule has 0 bridgehead atoms. The highest BCUT2D eigenvalue weighted by Gasteiger charge is 2.18. The van der Waals surface area contributed by atoms with Gasteiger partial charge in [0.15, 0.2) is 0 Å². The monoisotopic (exact) mass is 291 g/mol. The summed E-state index contributed by atoms with van der Waals surface area (Å²) in [5.74, 6) is 1.66. The van der Waals surface area contributed by atoms with Gasteiger partial charge in [-0.15, -0.1) is 0 Å². The molecule has 0 aliphatic carbocycles. The molecule has 1 aromatic heterocycles. The molecule has 1 heterocycles. The number of anilines is 1. The van der Waals surface area contributed by atoms with Crippen LogP contribution in [0.15, 0.2) is 30.3 Å². The molecule has 106 valence electrons. The topological polar surface area (TPSA) is 58.0 Å². The SMILES string of the molecule is CC(C)(C)c1nc(Cl)cc(NCc2ccc(O)cc2)n1. The van der Waals surface area contributed by atoms with E-state index >= 15 is 0 Å². The standard InChI is InChI=1S/C15H18ClN3O/c1-15(2,3)14-18-12(16)8-13(19-14)17-9-10-4-6-11(20)7-5-10/h4-8,20H,9H2,1-3H3,(H,17,18,19).